The van der Waals surface area contributed by atoms with Gasteiger partial charge in [0.2, 0.25) is 0 Å². The second kappa shape index (κ2) is 6.54. The lowest BCUT2D eigenvalue weighted by Gasteiger charge is -2.11. The number of hydrogen-bond acceptors (Lipinski definition) is 2. The highest BCUT2D eigenvalue weighted by atomic mass is 16.5. The van der Waals surface area contributed by atoms with E-state index in [9.17, 15) is 0 Å². The first-order valence-corrected chi connectivity index (χ1v) is 6.12. The van der Waals surface area contributed by atoms with Crippen molar-refractivity contribution in [2.45, 2.75) is 26.2 Å². The zero-order chi connectivity index (χ0) is 12.0. The van der Waals surface area contributed by atoms with E-state index in [1.807, 2.05) is 26.0 Å². The van der Waals surface area contributed by atoms with Crippen molar-refractivity contribution in [3.63, 3.8) is 0 Å². The number of hydrogen-bond donors (Lipinski definition) is 0. The lowest BCUT2D eigenvalue weighted by molar-refractivity contribution is 0.410. The van der Waals surface area contributed by atoms with Gasteiger partial charge in [0, 0.05) is 6.54 Å². The summed E-state index contributed by atoms with van der Waals surface area (Å²) in [4.78, 5) is 2.38. The van der Waals surface area contributed by atoms with Gasteiger partial charge in [-0.2, -0.15) is 0 Å². The molecule has 0 amide bonds. The van der Waals surface area contributed by atoms with Crippen LogP contribution in [0.25, 0.3) is 0 Å². The van der Waals surface area contributed by atoms with Crippen LogP contribution in [0.4, 0.5) is 0 Å². The van der Waals surface area contributed by atoms with Crippen molar-refractivity contribution in [3.05, 3.63) is 29.8 Å². The van der Waals surface area contributed by atoms with Gasteiger partial charge in [0.1, 0.15) is 5.75 Å². The maximum absolute atomic E-state index is 5.14. The molecule has 1 fully saturated rings. The minimum atomic E-state index is 0.714. The third-order valence-corrected chi connectivity index (χ3v) is 2.98. The van der Waals surface area contributed by atoms with E-state index in [1.54, 1.807) is 7.11 Å². The van der Waals surface area contributed by atoms with Crippen LogP contribution in [0.2, 0.25) is 0 Å². The number of rotatable bonds is 2. The maximum atomic E-state index is 5.14. The zero-order valence-electron chi connectivity index (χ0n) is 10.9. The Labute approximate surface area is 99.2 Å². The van der Waals surface area contributed by atoms with E-state index in [0.717, 1.165) is 5.75 Å². The fourth-order valence-electron chi connectivity index (χ4n) is 2.08. The normalized spacial score (nSPS) is 20.1. The Morgan fingerprint density at radius 3 is 2.25 bits per heavy atom. The molecule has 2 rings (SSSR count). The van der Waals surface area contributed by atoms with Gasteiger partial charge in [0.25, 0.3) is 0 Å². The monoisotopic (exact) mass is 221 g/mol. The average molecular weight is 221 g/mol. The first-order valence-electron chi connectivity index (χ1n) is 6.12. The molecule has 0 spiro atoms. The minimum Gasteiger partial charge on any atom is -0.497 e. The molecule has 1 aromatic rings. The molecule has 0 aliphatic carbocycles. The summed E-state index contributed by atoms with van der Waals surface area (Å²) in [5, 5.41) is 0. The SMILES string of the molecule is CC.COc1ccc(C2CCN(C)C2)cc1. The second-order valence-corrected chi connectivity index (χ2v) is 4.02. The highest BCUT2D eigenvalue weighted by Crippen LogP contribution is 2.27. The molecule has 0 bridgehead atoms. The molecule has 2 nitrogen and oxygen atoms in total. The minimum absolute atomic E-state index is 0.714. The fourth-order valence-corrected chi connectivity index (χ4v) is 2.08. The number of likely N-dealkylation sites (N-methyl/N-ethyl adjacent to an activating group) is 1. The van der Waals surface area contributed by atoms with Crippen LogP contribution < -0.4 is 4.74 Å². The molecule has 1 unspecified atom stereocenters. The van der Waals surface area contributed by atoms with E-state index in [-0.39, 0.29) is 0 Å². The zero-order valence-corrected chi connectivity index (χ0v) is 10.9. The summed E-state index contributed by atoms with van der Waals surface area (Å²) >= 11 is 0. The topological polar surface area (TPSA) is 12.5 Å². The molecule has 1 atom stereocenters. The van der Waals surface area contributed by atoms with E-state index < -0.39 is 0 Å². The molecular weight excluding hydrogens is 198 g/mol. The van der Waals surface area contributed by atoms with Gasteiger partial charge >= 0.3 is 0 Å². The molecular formula is C14H23NO. The number of methoxy groups -OCH3 is 1. The van der Waals surface area contributed by atoms with Crippen molar-refractivity contribution in [2.24, 2.45) is 0 Å². The lowest BCUT2D eigenvalue weighted by Crippen LogP contribution is -2.13. The molecule has 0 aromatic heterocycles. The predicted molar refractivity (Wildman–Crippen MR) is 69.2 cm³/mol. The van der Waals surface area contributed by atoms with Gasteiger partial charge in [-0.1, -0.05) is 26.0 Å². The van der Waals surface area contributed by atoms with Crippen LogP contribution in [0, 0.1) is 0 Å². The van der Waals surface area contributed by atoms with Crippen LogP contribution in [-0.4, -0.2) is 32.1 Å². The van der Waals surface area contributed by atoms with Gasteiger partial charge in [-0.05, 0) is 43.6 Å². The van der Waals surface area contributed by atoms with Gasteiger partial charge in [-0.3, -0.25) is 0 Å². The summed E-state index contributed by atoms with van der Waals surface area (Å²) in [6, 6.07) is 8.46. The van der Waals surface area contributed by atoms with Crippen molar-refractivity contribution in [2.75, 3.05) is 27.2 Å². The molecule has 1 saturated heterocycles. The Kier molecular flexibility index (Phi) is 5.33. The molecule has 2 heteroatoms. The Morgan fingerprint density at radius 2 is 1.81 bits per heavy atom. The molecule has 0 saturated carbocycles. The Bertz CT molecular complexity index is 294. The van der Waals surface area contributed by atoms with Crippen LogP contribution in [0.3, 0.4) is 0 Å². The maximum Gasteiger partial charge on any atom is 0.118 e. The van der Waals surface area contributed by atoms with E-state index in [4.69, 9.17) is 4.74 Å². The van der Waals surface area contributed by atoms with E-state index in [1.165, 1.54) is 25.1 Å². The molecule has 1 aromatic carbocycles. The molecule has 90 valence electrons. The largest absolute Gasteiger partial charge is 0.497 e. The van der Waals surface area contributed by atoms with Crippen molar-refractivity contribution in [3.8, 4) is 5.75 Å². The van der Waals surface area contributed by atoms with Gasteiger partial charge in [-0.25, -0.2) is 0 Å². The highest BCUT2D eigenvalue weighted by Gasteiger charge is 2.20. The number of likely N-dealkylation sites (tertiary alicyclic amines) is 1. The van der Waals surface area contributed by atoms with E-state index in [2.05, 4.69) is 24.1 Å². The Hall–Kier alpha value is -1.02. The first-order chi connectivity index (χ1) is 7.79. The smallest absolute Gasteiger partial charge is 0.118 e. The quantitative estimate of drug-likeness (QED) is 0.760. The lowest BCUT2D eigenvalue weighted by atomic mass is 9.98. The molecule has 16 heavy (non-hydrogen) atoms. The van der Waals surface area contributed by atoms with Gasteiger partial charge < -0.3 is 9.64 Å². The fraction of sp³-hybridized carbons (Fsp3) is 0.571. The average Bonchev–Trinajstić information content (AvgIpc) is 2.79. The standard InChI is InChI=1S/C12H17NO.C2H6/c1-13-8-7-11(9-13)10-3-5-12(14-2)6-4-10;1-2/h3-6,11H,7-9H2,1-2H3;1-2H3. The van der Waals surface area contributed by atoms with Crippen molar-refractivity contribution < 1.29 is 4.74 Å². The molecule has 0 radical (unpaired) electrons. The van der Waals surface area contributed by atoms with Crippen molar-refractivity contribution >= 4 is 0 Å². The Balaban J connectivity index is 0.000000606. The van der Waals surface area contributed by atoms with Crippen LogP contribution in [-0.2, 0) is 0 Å². The van der Waals surface area contributed by atoms with Crippen molar-refractivity contribution in [1.29, 1.82) is 0 Å². The summed E-state index contributed by atoms with van der Waals surface area (Å²) in [6.45, 7) is 6.41. The van der Waals surface area contributed by atoms with Crippen LogP contribution in [0.1, 0.15) is 31.7 Å². The number of ether oxygens (including phenoxy) is 1. The van der Waals surface area contributed by atoms with Gasteiger partial charge in [0.15, 0.2) is 0 Å². The first kappa shape index (κ1) is 13.0. The Morgan fingerprint density at radius 1 is 1.19 bits per heavy atom. The third-order valence-electron chi connectivity index (χ3n) is 2.98. The van der Waals surface area contributed by atoms with Crippen molar-refractivity contribution in [1.82, 2.24) is 4.90 Å². The molecule has 0 N–H and O–H groups in total. The molecule has 1 aliphatic heterocycles. The summed E-state index contributed by atoms with van der Waals surface area (Å²) in [7, 11) is 3.89. The molecule has 1 heterocycles. The molecule has 1 aliphatic rings. The van der Waals surface area contributed by atoms with E-state index >= 15 is 0 Å². The van der Waals surface area contributed by atoms with Crippen LogP contribution in [0.15, 0.2) is 24.3 Å². The van der Waals surface area contributed by atoms with Crippen LogP contribution in [0.5, 0.6) is 5.75 Å². The van der Waals surface area contributed by atoms with Gasteiger partial charge in [-0.15, -0.1) is 0 Å². The number of benzene rings is 1. The summed E-state index contributed by atoms with van der Waals surface area (Å²) in [6.07, 6.45) is 1.28. The number of nitrogens with zero attached hydrogens (tertiary/aromatic N) is 1. The predicted octanol–water partition coefficient (Wildman–Crippen LogP) is 3.14. The summed E-state index contributed by atoms with van der Waals surface area (Å²) < 4.78 is 5.14. The highest BCUT2D eigenvalue weighted by molar-refractivity contribution is 5.30. The van der Waals surface area contributed by atoms with E-state index in [0.29, 0.717) is 5.92 Å². The summed E-state index contributed by atoms with van der Waals surface area (Å²) in [5.41, 5.74) is 1.44. The third kappa shape index (κ3) is 3.24. The van der Waals surface area contributed by atoms with Crippen LogP contribution >= 0.6 is 0 Å². The second-order valence-electron chi connectivity index (χ2n) is 4.02. The summed E-state index contributed by atoms with van der Waals surface area (Å²) in [5.74, 6) is 1.66. The van der Waals surface area contributed by atoms with Gasteiger partial charge in [0.05, 0.1) is 7.11 Å².